The number of hydrogen-bond donors (Lipinski definition) is 2. The number of hydrogen-bond acceptors (Lipinski definition) is 6. The van der Waals surface area contributed by atoms with Crippen LogP contribution < -0.4 is 10.6 Å². The Labute approximate surface area is 146 Å². The summed E-state index contributed by atoms with van der Waals surface area (Å²) >= 11 is 0. The van der Waals surface area contributed by atoms with Crippen molar-refractivity contribution in [2.45, 2.75) is 26.3 Å². The van der Waals surface area contributed by atoms with Gasteiger partial charge < -0.3 is 15.4 Å². The molecule has 8 nitrogen and oxygen atoms in total. The molecular weight excluding hydrogens is 348 g/mol. The van der Waals surface area contributed by atoms with E-state index < -0.39 is 33.7 Å². The highest BCUT2D eigenvalue weighted by atomic mass is 32.2. The predicted octanol–water partition coefficient (Wildman–Crippen LogP) is 0.741. The molecule has 0 spiro atoms. The Balaban J connectivity index is 2.78. The molecule has 0 radical (unpaired) electrons. The molecule has 25 heavy (non-hydrogen) atoms. The molecule has 9 heteroatoms. The molecule has 2 amide bonds. The molecule has 0 saturated heterocycles. The Morgan fingerprint density at radius 1 is 1.16 bits per heavy atom. The van der Waals surface area contributed by atoms with Gasteiger partial charge in [-0.3, -0.25) is 9.59 Å². The second-order valence-corrected chi connectivity index (χ2v) is 7.72. The molecule has 1 aromatic rings. The predicted molar refractivity (Wildman–Crippen MR) is 93.0 cm³/mol. The molecule has 0 aromatic heterocycles. The Bertz CT molecular complexity index is 727. The fraction of sp³-hybridized carbons (Fsp3) is 0.438. The second kappa shape index (κ2) is 9.16. The summed E-state index contributed by atoms with van der Waals surface area (Å²) in [7, 11) is -3.26. The third-order valence-corrected chi connectivity index (χ3v) is 4.11. The van der Waals surface area contributed by atoms with Crippen LogP contribution in [0.25, 0.3) is 0 Å². The number of nitrogens with one attached hydrogen (secondary N) is 2. The second-order valence-electron chi connectivity index (χ2n) is 5.46. The summed E-state index contributed by atoms with van der Waals surface area (Å²) in [5.41, 5.74) is 0.753. The third-order valence-electron chi connectivity index (χ3n) is 3.13. The van der Waals surface area contributed by atoms with Crippen LogP contribution in [0.1, 0.15) is 30.6 Å². The van der Waals surface area contributed by atoms with Crippen molar-refractivity contribution in [1.82, 2.24) is 5.32 Å². The lowest BCUT2D eigenvalue weighted by atomic mass is 10.1. The lowest BCUT2D eigenvalue weighted by molar-refractivity contribution is -0.125. The van der Waals surface area contributed by atoms with Gasteiger partial charge in [0.25, 0.3) is 0 Å². The maximum Gasteiger partial charge on any atom is 0.338 e. The Morgan fingerprint density at radius 2 is 1.76 bits per heavy atom. The van der Waals surface area contributed by atoms with Gasteiger partial charge in [0.1, 0.15) is 15.9 Å². The van der Waals surface area contributed by atoms with E-state index in [9.17, 15) is 22.8 Å². The number of amides is 2. The largest absolute Gasteiger partial charge is 0.462 e. The molecule has 138 valence electrons. The van der Waals surface area contributed by atoms with Gasteiger partial charge in [-0.25, -0.2) is 13.2 Å². The molecule has 0 aliphatic rings. The smallest absolute Gasteiger partial charge is 0.338 e. The molecule has 1 unspecified atom stereocenters. The average Bonchev–Trinajstić information content (AvgIpc) is 2.51. The van der Waals surface area contributed by atoms with Crippen LogP contribution in [0.3, 0.4) is 0 Å². The van der Waals surface area contributed by atoms with Crippen LogP contribution >= 0.6 is 0 Å². The molecule has 1 aromatic carbocycles. The van der Waals surface area contributed by atoms with Crippen molar-refractivity contribution in [3.63, 3.8) is 0 Å². The van der Waals surface area contributed by atoms with E-state index in [0.717, 1.165) is 6.26 Å². The van der Waals surface area contributed by atoms with Gasteiger partial charge in [0.05, 0.1) is 17.9 Å². The summed E-state index contributed by atoms with van der Waals surface area (Å²) in [5.74, 6) is -1.67. The molecule has 0 saturated carbocycles. The summed E-state index contributed by atoms with van der Waals surface area (Å²) in [5, 5.41) is 5.01. The van der Waals surface area contributed by atoms with Gasteiger partial charge in [-0.05, 0) is 37.6 Å². The van der Waals surface area contributed by atoms with E-state index in [0.29, 0.717) is 11.3 Å². The number of esters is 1. The monoisotopic (exact) mass is 370 g/mol. The first-order valence-corrected chi connectivity index (χ1v) is 9.71. The van der Waals surface area contributed by atoms with Crippen molar-refractivity contribution in [2.24, 2.45) is 0 Å². The fourth-order valence-corrected chi connectivity index (χ4v) is 2.64. The van der Waals surface area contributed by atoms with Crippen LogP contribution in [0.15, 0.2) is 24.3 Å². The topological polar surface area (TPSA) is 119 Å². The van der Waals surface area contributed by atoms with Crippen molar-refractivity contribution < 1.29 is 27.5 Å². The summed E-state index contributed by atoms with van der Waals surface area (Å²) in [4.78, 5) is 35.1. The van der Waals surface area contributed by atoms with E-state index in [1.165, 1.54) is 31.2 Å². The number of anilines is 1. The van der Waals surface area contributed by atoms with Gasteiger partial charge in [-0.2, -0.15) is 0 Å². The fourth-order valence-electron chi connectivity index (χ4n) is 1.98. The number of ether oxygens (including phenoxy) is 1. The quantitative estimate of drug-likeness (QED) is 0.652. The Hall–Kier alpha value is -2.42. The Morgan fingerprint density at radius 3 is 2.24 bits per heavy atom. The molecule has 0 aliphatic heterocycles. The molecule has 0 fully saturated rings. The minimum atomic E-state index is -3.26. The van der Waals surface area contributed by atoms with E-state index in [2.05, 4.69) is 10.6 Å². The molecule has 1 rings (SSSR count). The van der Waals surface area contributed by atoms with Crippen molar-refractivity contribution in [1.29, 1.82) is 0 Å². The first-order valence-electron chi connectivity index (χ1n) is 7.65. The standard InChI is InChI=1S/C16H22N2O6S/c1-4-24-16(21)12-5-7-13(8-6-12)18-15(20)14(17-11(2)19)9-10-25(3,22)23/h5-8,14H,4,9-10H2,1-3H3,(H,17,19)(H,18,20). The lowest BCUT2D eigenvalue weighted by Gasteiger charge is -2.17. The van der Waals surface area contributed by atoms with Crippen LogP contribution in [0, 0.1) is 0 Å². The van der Waals surface area contributed by atoms with Crippen LogP contribution in [0.2, 0.25) is 0 Å². The number of carbonyl (C=O) groups is 3. The van der Waals surface area contributed by atoms with E-state index >= 15 is 0 Å². The highest BCUT2D eigenvalue weighted by Crippen LogP contribution is 2.12. The third kappa shape index (κ3) is 7.79. The van der Waals surface area contributed by atoms with E-state index in [1.54, 1.807) is 6.92 Å². The summed E-state index contributed by atoms with van der Waals surface area (Å²) in [6.45, 7) is 3.20. The highest BCUT2D eigenvalue weighted by molar-refractivity contribution is 7.90. The number of carbonyl (C=O) groups excluding carboxylic acids is 3. The van der Waals surface area contributed by atoms with Crippen LogP contribution in [-0.2, 0) is 24.2 Å². The van der Waals surface area contributed by atoms with Crippen molar-refractivity contribution >= 4 is 33.3 Å². The van der Waals surface area contributed by atoms with Gasteiger partial charge in [-0.1, -0.05) is 0 Å². The summed E-state index contributed by atoms with van der Waals surface area (Å²) < 4.78 is 27.4. The minimum Gasteiger partial charge on any atom is -0.462 e. The zero-order chi connectivity index (χ0) is 19.0. The molecular formula is C16H22N2O6S. The summed E-state index contributed by atoms with van der Waals surface area (Å²) in [6.07, 6.45) is 1.02. The molecule has 0 bridgehead atoms. The maximum absolute atomic E-state index is 12.3. The summed E-state index contributed by atoms with van der Waals surface area (Å²) in [6, 6.07) is 5.06. The number of benzene rings is 1. The van der Waals surface area contributed by atoms with Gasteiger partial charge in [-0.15, -0.1) is 0 Å². The zero-order valence-electron chi connectivity index (χ0n) is 14.4. The molecule has 1 atom stereocenters. The Kier molecular flexibility index (Phi) is 7.56. The van der Waals surface area contributed by atoms with Gasteiger partial charge in [0, 0.05) is 18.9 Å². The lowest BCUT2D eigenvalue weighted by Crippen LogP contribution is -2.43. The van der Waals surface area contributed by atoms with Crippen LogP contribution in [-0.4, -0.2) is 50.9 Å². The van der Waals surface area contributed by atoms with Gasteiger partial charge in [0.15, 0.2) is 0 Å². The van der Waals surface area contributed by atoms with E-state index in [4.69, 9.17) is 4.74 Å². The van der Waals surface area contributed by atoms with Crippen LogP contribution in [0.4, 0.5) is 5.69 Å². The number of sulfone groups is 1. The van der Waals surface area contributed by atoms with Crippen molar-refractivity contribution in [3.8, 4) is 0 Å². The normalized spacial score (nSPS) is 12.1. The van der Waals surface area contributed by atoms with Gasteiger partial charge >= 0.3 is 5.97 Å². The average molecular weight is 370 g/mol. The molecule has 2 N–H and O–H groups in total. The number of rotatable bonds is 8. The minimum absolute atomic E-state index is 0.0366. The molecule has 0 aliphatic carbocycles. The molecule has 0 heterocycles. The zero-order valence-corrected chi connectivity index (χ0v) is 15.2. The SMILES string of the molecule is CCOC(=O)c1ccc(NC(=O)C(CCS(C)(=O)=O)NC(C)=O)cc1. The van der Waals surface area contributed by atoms with Crippen molar-refractivity contribution in [3.05, 3.63) is 29.8 Å². The van der Waals surface area contributed by atoms with E-state index in [1.807, 2.05) is 0 Å². The maximum atomic E-state index is 12.3. The first kappa shape index (κ1) is 20.6. The highest BCUT2D eigenvalue weighted by Gasteiger charge is 2.21. The first-order chi connectivity index (χ1) is 11.6. The van der Waals surface area contributed by atoms with Gasteiger partial charge in [0.2, 0.25) is 11.8 Å². The van der Waals surface area contributed by atoms with Crippen LogP contribution in [0.5, 0.6) is 0 Å². The van der Waals surface area contributed by atoms with Crippen molar-refractivity contribution in [2.75, 3.05) is 23.9 Å². The van der Waals surface area contributed by atoms with E-state index in [-0.39, 0.29) is 18.8 Å².